The number of ether oxygens (including phenoxy) is 2. The molecular formula is C25H29N3O5. The monoisotopic (exact) mass is 451 g/mol. The van der Waals surface area contributed by atoms with Crippen molar-refractivity contribution >= 4 is 17.4 Å². The maximum atomic E-state index is 13.1. The van der Waals surface area contributed by atoms with Crippen molar-refractivity contribution in [1.29, 1.82) is 0 Å². The number of rotatable bonds is 8. The highest BCUT2D eigenvalue weighted by molar-refractivity contribution is 6.46. The van der Waals surface area contributed by atoms with E-state index in [0.29, 0.717) is 49.9 Å². The van der Waals surface area contributed by atoms with Crippen molar-refractivity contribution in [2.75, 3.05) is 46.0 Å². The summed E-state index contributed by atoms with van der Waals surface area (Å²) in [6, 6.07) is 11.5. The molecule has 2 aliphatic rings. The number of hydrogen-bond acceptors (Lipinski definition) is 7. The van der Waals surface area contributed by atoms with Crippen LogP contribution in [0.3, 0.4) is 0 Å². The van der Waals surface area contributed by atoms with Crippen LogP contribution in [0.15, 0.2) is 54.2 Å². The highest BCUT2D eigenvalue weighted by atomic mass is 16.5. The Morgan fingerprint density at radius 2 is 1.88 bits per heavy atom. The van der Waals surface area contributed by atoms with Crippen LogP contribution in [0.1, 0.15) is 30.6 Å². The summed E-state index contributed by atoms with van der Waals surface area (Å²) in [5.74, 6) is -0.847. The molecule has 1 amide bonds. The molecule has 0 spiro atoms. The van der Waals surface area contributed by atoms with Crippen molar-refractivity contribution in [3.8, 4) is 5.75 Å². The van der Waals surface area contributed by atoms with Crippen molar-refractivity contribution in [3.05, 3.63) is 65.5 Å². The predicted octanol–water partition coefficient (Wildman–Crippen LogP) is 2.62. The molecule has 0 unspecified atom stereocenters. The van der Waals surface area contributed by atoms with E-state index in [1.165, 1.54) is 4.90 Å². The van der Waals surface area contributed by atoms with E-state index in [9.17, 15) is 14.7 Å². The number of aromatic nitrogens is 1. The molecule has 2 aromatic rings. The summed E-state index contributed by atoms with van der Waals surface area (Å²) in [5.41, 5.74) is 1.05. The lowest BCUT2D eigenvalue weighted by molar-refractivity contribution is -0.140. The van der Waals surface area contributed by atoms with Gasteiger partial charge < -0.3 is 19.5 Å². The molecule has 0 radical (unpaired) electrons. The van der Waals surface area contributed by atoms with Gasteiger partial charge in [0.05, 0.1) is 31.1 Å². The number of hydrogen-bond donors (Lipinski definition) is 1. The number of carbonyl (C=O) groups excluding carboxylic acids is 2. The van der Waals surface area contributed by atoms with E-state index in [-0.39, 0.29) is 11.3 Å². The molecule has 174 valence electrons. The summed E-state index contributed by atoms with van der Waals surface area (Å²) >= 11 is 0. The second-order valence-electron chi connectivity index (χ2n) is 8.07. The van der Waals surface area contributed by atoms with E-state index in [1.807, 2.05) is 13.0 Å². The molecule has 3 heterocycles. The first-order valence-corrected chi connectivity index (χ1v) is 11.3. The van der Waals surface area contributed by atoms with E-state index >= 15 is 0 Å². The van der Waals surface area contributed by atoms with Crippen molar-refractivity contribution in [3.63, 3.8) is 0 Å². The topological polar surface area (TPSA) is 92.2 Å². The van der Waals surface area contributed by atoms with E-state index < -0.39 is 17.7 Å². The largest absolute Gasteiger partial charge is 0.507 e. The number of morpholine rings is 1. The first kappa shape index (κ1) is 22.9. The second-order valence-corrected chi connectivity index (χ2v) is 8.07. The molecule has 0 aliphatic carbocycles. The van der Waals surface area contributed by atoms with Crippen LogP contribution < -0.4 is 4.74 Å². The van der Waals surface area contributed by atoms with Gasteiger partial charge in [-0.2, -0.15) is 0 Å². The van der Waals surface area contributed by atoms with Crippen LogP contribution in [-0.4, -0.2) is 77.6 Å². The van der Waals surface area contributed by atoms with Crippen LogP contribution in [0, 0.1) is 0 Å². The number of Topliss-reactive ketones (excluding diaryl/α,β-unsaturated/α-hetero) is 1. The van der Waals surface area contributed by atoms with Gasteiger partial charge in [-0.1, -0.05) is 13.0 Å². The molecule has 2 fully saturated rings. The Kier molecular flexibility index (Phi) is 7.36. The van der Waals surface area contributed by atoms with Crippen LogP contribution in [0.25, 0.3) is 5.76 Å². The number of aliphatic hydroxyl groups is 1. The third-order valence-electron chi connectivity index (χ3n) is 5.87. The van der Waals surface area contributed by atoms with E-state index in [4.69, 9.17) is 9.47 Å². The summed E-state index contributed by atoms with van der Waals surface area (Å²) in [4.78, 5) is 34.2. The Morgan fingerprint density at radius 3 is 2.55 bits per heavy atom. The fourth-order valence-corrected chi connectivity index (χ4v) is 4.11. The Balaban J connectivity index is 1.66. The molecule has 2 saturated heterocycles. The highest BCUT2D eigenvalue weighted by Gasteiger charge is 2.46. The third-order valence-corrected chi connectivity index (χ3v) is 5.87. The molecule has 8 nitrogen and oxygen atoms in total. The summed E-state index contributed by atoms with van der Waals surface area (Å²) in [6.07, 6.45) is 2.51. The Morgan fingerprint density at radius 1 is 1.12 bits per heavy atom. The first-order valence-electron chi connectivity index (χ1n) is 11.3. The van der Waals surface area contributed by atoms with Gasteiger partial charge in [0.25, 0.3) is 11.7 Å². The second kappa shape index (κ2) is 10.6. The highest BCUT2D eigenvalue weighted by Crippen LogP contribution is 2.38. The summed E-state index contributed by atoms with van der Waals surface area (Å²) < 4.78 is 11.0. The average Bonchev–Trinajstić information content (AvgIpc) is 3.12. The van der Waals surface area contributed by atoms with Crippen LogP contribution in [0.4, 0.5) is 0 Å². The number of amides is 1. The molecule has 1 aromatic carbocycles. The zero-order chi connectivity index (χ0) is 23.2. The fraction of sp³-hybridized carbons (Fsp3) is 0.400. The van der Waals surface area contributed by atoms with Gasteiger partial charge in [0, 0.05) is 37.9 Å². The smallest absolute Gasteiger partial charge is 0.295 e. The minimum Gasteiger partial charge on any atom is -0.507 e. The van der Waals surface area contributed by atoms with Gasteiger partial charge in [-0.25, -0.2) is 0 Å². The third kappa shape index (κ3) is 5.07. The maximum Gasteiger partial charge on any atom is 0.295 e. The standard InChI is InChI=1S/C25H29N3O5/c1-2-15-33-19-8-6-18(7-9-19)23(29)21-22(20-5-3-4-10-26-20)28(25(31)24(21)30)12-11-27-13-16-32-17-14-27/h3-10,22,29H,2,11-17H2,1H3/t22-/m1/s1. The molecule has 0 saturated carbocycles. The lowest BCUT2D eigenvalue weighted by Gasteiger charge is -2.30. The molecule has 8 heteroatoms. The van der Waals surface area contributed by atoms with Gasteiger partial charge in [-0.05, 0) is 42.8 Å². The van der Waals surface area contributed by atoms with Crippen LogP contribution in [0.2, 0.25) is 0 Å². The number of nitrogens with zero attached hydrogens (tertiary/aromatic N) is 3. The lowest BCUT2D eigenvalue weighted by atomic mass is 9.98. The molecule has 0 bridgehead atoms. The molecular weight excluding hydrogens is 422 g/mol. The Hall–Kier alpha value is -3.23. The molecule has 1 N–H and O–H groups in total. The molecule has 1 atom stereocenters. The molecule has 1 aromatic heterocycles. The minimum absolute atomic E-state index is 0.0582. The van der Waals surface area contributed by atoms with Crippen LogP contribution in [0.5, 0.6) is 5.75 Å². The average molecular weight is 452 g/mol. The number of ketones is 1. The van der Waals surface area contributed by atoms with Gasteiger partial charge in [-0.15, -0.1) is 0 Å². The van der Waals surface area contributed by atoms with E-state index in [2.05, 4.69) is 9.88 Å². The fourth-order valence-electron chi connectivity index (χ4n) is 4.11. The predicted molar refractivity (Wildman–Crippen MR) is 123 cm³/mol. The van der Waals surface area contributed by atoms with Crippen LogP contribution >= 0.6 is 0 Å². The van der Waals surface area contributed by atoms with Crippen molar-refractivity contribution in [2.45, 2.75) is 19.4 Å². The Bertz CT molecular complexity index is 1000. The quantitative estimate of drug-likeness (QED) is 0.375. The number of aliphatic hydroxyl groups excluding tert-OH is 1. The molecule has 33 heavy (non-hydrogen) atoms. The molecule has 2 aliphatic heterocycles. The zero-order valence-corrected chi connectivity index (χ0v) is 18.8. The normalized spacial score (nSPS) is 20.9. The summed E-state index contributed by atoms with van der Waals surface area (Å²) in [5, 5.41) is 11.1. The van der Waals surface area contributed by atoms with Gasteiger partial charge in [0.15, 0.2) is 0 Å². The Labute approximate surface area is 193 Å². The maximum absolute atomic E-state index is 13.1. The van der Waals surface area contributed by atoms with E-state index in [1.54, 1.807) is 42.6 Å². The summed E-state index contributed by atoms with van der Waals surface area (Å²) in [6.45, 7) is 6.46. The van der Waals surface area contributed by atoms with Gasteiger partial charge in [0.2, 0.25) is 0 Å². The number of carbonyl (C=O) groups is 2. The lowest BCUT2D eigenvalue weighted by Crippen LogP contribution is -2.42. The van der Waals surface area contributed by atoms with Gasteiger partial charge in [0.1, 0.15) is 17.6 Å². The summed E-state index contributed by atoms with van der Waals surface area (Å²) in [7, 11) is 0. The number of likely N-dealkylation sites (tertiary alicyclic amines) is 1. The van der Waals surface area contributed by atoms with Gasteiger partial charge in [-0.3, -0.25) is 19.5 Å². The number of pyridine rings is 1. The van der Waals surface area contributed by atoms with E-state index in [0.717, 1.165) is 19.5 Å². The first-order chi connectivity index (χ1) is 16.1. The molecule has 4 rings (SSSR count). The zero-order valence-electron chi connectivity index (χ0n) is 18.8. The van der Waals surface area contributed by atoms with Crippen molar-refractivity contribution in [2.24, 2.45) is 0 Å². The minimum atomic E-state index is -0.747. The number of benzene rings is 1. The van der Waals surface area contributed by atoms with Crippen molar-refractivity contribution < 1.29 is 24.2 Å². The van der Waals surface area contributed by atoms with Crippen LogP contribution in [-0.2, 0) is 14.3 Å². The van der Waals surface area contributed by atoms with Crippen molar-refractivity contribution in [1.82, 2.24) is 14.8 Å². The SMILES string of the molecule is CCCOc1ccc(C(O)=C2C(=O)C(=O)N(CCN3CCOCC3)[C@@H]2c2ccccn2)cc1. The van der Waals surface area contributed by atoms with Gasteiger partial charge >= 0.3 is 0 Å².